The molecule has 6 heteroatoms. The van der Waals surface area contributed by atoms with Crippen LogP contribution in [0.2, 0.25) is 0 Å². The number of carbonyl (C=O) groups is 2. The Morgan fingerprint density at radius 2 is 1.93 bits per heavy atom. The molecule has 1 heterocycles. The molecule has 0 bridgehead atoms. The topological polar surface area (TPSA) is 67.9 Å². The average Bonchev–Trinajstić information content (AvgIpc) is 2.98. The first kappa shape index (κ1) is 18.8. The largest absolute Gasteiger partial charge is 0.448 e. The summed E-state index contributed by atoms with van der Waals surface area (Å²) in [5, 5.41) is 2.74. The zero-order valence-electron chi connectivity index (χ0n) is 15.8. The highest BCUT2D eigenvalue weighted by Crippen LogP contribution is 2.34. The van der Waals surface area contributed by atoms with Crippen molar-refractivity contribution in [2.24, 2.45) is 0 Å². The summed E-state index contributed by atoms with van der Waals surface area (Å²) in [6, 6.07) is 13.0. The molecule has 0 saturated carbocycles. The average molecular weight is 368 g/mol. The molecule has 1 N–H and O–H groups in total. The van der Waals surface area contributed by atoms with E-state index in [9.17, 15) is 9.59 Å². The quantitative estimate of drug-likeness (QED) is 0.614. The molecule has 1 atom stereocenters. The van der Waals surface area contributed by atoms with Gasteiger partial charge in [-0.3, -0.25) is 10.1 Å². The Bertz CT molecular complexity index is 846. The summed E-state index contributed by atoms with van der Waals surface area (Å²) in [6.45, 7) is 7.93. The van der Waals surface area contributed by atoms with Crippen LogP contribution >= 0.6 is 0 Å². The van der Waals surface area contributed by atoms with E-state index in [4.69, 9.17) is 9.47 Å². The highest BCUT2D eigenvalue weighted by Gasteiger charge is 2.33. The van der Waals surface area contributed by atoms with E-state index in [0.29, 0.717) is 11.4 Å². The molecule has 1 unspecified atom stereocenters. The molecule has 0 spiro atoms. The molecule has 2 aromatic rings. The Hall–Kier alpha value is -3.02. The van der Waals surface area contributed by atoms with Crippen LogP contribution in [-0.4, -0.2) is 31.8 Å². The van der Waals surface area contributed by atoms with Crippen LogP contribution in [0.15, 0.2) is 42.5 Å². The maximum atomic E-state index is 12.2. The Balaban J connectivity index is 1.61. The number of ether oxygens (including phenoxy) is 2. The number of benzene rings is 2. The van der Waals surface area contributed by atoms with Crippen LogP contribution in [0.3, 0.4) is 0 Å². The lowest BCUT2D eigenvalue weighted by Gasteiger charge is -2.22. The number of carbonyl (C=O) groups excluding carboxylic acids is 2. The first-order valence-corrected chi connectivity index (χ1v) is 9.13. The van der Waals surface area contributed by atoms with Crippen LogP contribution in [0.1, 0.15) is 30.9 Å². The van der Waals surface area contributed by atoms with E-state index in [1.54, 1.807) is 12.1 Å². The van der Waals surface area contributed by atoms with Gasteiger partial charge in [-0.15, -0.1) is 0 Å². The monoisotopic (exact) mass is 368 g/mol. The molecular weight excluding hydrogens is 344 g/mol. The van der Waals surface area contributed by atoms with Crippen molar-refractivity contribution < 1.29 is 19.1 Å². The van der Waals surface area contributed by atoms with E-state index in [1.165, 1.54) is 0 Å². The van der Waals surface area contributed by atoms with Crippen molar-refractivity contribution in [3.8, 4) is 5.75 Å². The number of fused-ring (bicyclic) bond motifs is 1. The van der Waals surface area contributed by atoms with Gasteiger partial charge in [0.1, 0.15) is 18.3 Å². The Morgan fingerprint density at radius 3 is 2.63 bits per heavy atom. The molecular formula is C21H24N2O4. The van der Waals surface area contributed by atoms with Crippen molar-refractivity contribution in [3.05, 3.63) is 53.6 Å². The lowest BCUT2D eigenvalue weighted by Crippen LogP contribution is -2.23. The summed E-state index contributed by atoms with van der Waals surface area (Å²) in [4.78, 5) is 26.4. The van der Waals surface area contributed by atoms with E-state index >= 15 is 0 Å². The lowest BCUT2D eigenvalue weighted by molar-refractivity contribution is -0.134. The number of aryl methyl sites for hydroxylation is 1. The minimum absolute atomic E-state index is 0.0573. The smallest absolute Gasteiger partial charge is 0.411 e. The second-order valence-corrected chi connectivity index (χ2v) is 6.41. The van der Waals surface area contributed by atoms with Gasteiger partial charge < -0.3 is 14.4 Å². The van der Waals surface area contributed by atoms with Crippen molar-refractivity contribution >= 4 is 23.4 Å². The first-order chi connectivity index (χ1) is 13.0. The Kier molecular flexibility index (Phi) is 5.64. The van der Waals surface area contributed by atoms with E-state index in [-0.39, 0.29) is 6.61 Å². The van der Waals surface area contributed by atoms with Gasteiger partial charge in [0.25, 0.3) is 0 Å². The molecule has 27 heavy (non-hydrogen) atoms. The molecule has 2 aromatic carbocycles. The molecule has 1 aliphatic rings. The second-order valence-electron chi connectivity index (χ2n) is 6.41. The number of para-hydroxylation sites is 1. The Labute approximate surface area is 159 Å². The number of esters is 1. The predicted octanol–water partition coefficient (Wildman–Crippen LogP) is 4.09. The number of anilines is 2. The third-order valence-electron chi connectivity index (χ3n) is 4.75. The summed E-state index contributed by atoms with van der Waals surface area (Å²) in [5.41, 5.74) is 3.49. The minimum atomic E-state index is -0.592. The van der Waals surface area contributed by atoms with Gasteiger partial charge in [-0.05, 0) is 50.6 Å². The van der Waals surface area contributed by atoms with E-state index in [2.05, 4.69) is 24.1 Å². The zero-order valence-corrected chi connectivity index (χ0v) is 15.8. The van der Waals surface area contributed by atoms with Gasteiger partial charge in [-0.25, -0.2) is 4.79 Å². The number of rotatable bonds is 6. The number of hydrogen-bond donors (Lipinski definition) is 1. The molecule has 0 fully saturated rings. The SMILES string of the molecule is CCN(CC)c1ccc(NC(=O)OCC2C(=O)Oc3ccccc32)c(C)c1. The normalized spacial score (nSPS) is 15.1. The molecule has 1 aliphatic heterocycles. The number of nitrogens with one attached hydrogen (secondary N) is 1. The van der Waals surface area contributed by atoms with Gasteiger partial charge in [-0.2, -0.15) is 0 Å². The van der Waals surface area contributed by atoms with Crippen molar-refractivity contribution in [2.45, 2.75) is 26.7 Å². The third-order valence-corrected chi connectivity index (χ3v) is 4.75. The molecule has 1 amide bonds. The van der Waals surface area contributed by atoms with Gasteiger partial charge in [0.2, 0.25) is 0 Å². The van der Waals surface area contributed by atoms with Gasteiger partial charge >= 0.3 is 12.1 Å². The highest BCUT2D eigenvalue weighted by atomic mass is 16.6. The summed E-state index contributed by atoms with van der Waals surface area (Å²) in [5.74, 6) is -0.457. The van der Waals surface area contributed by atoms with E-state index in [0.717, 1.165) is 29.9 Å². The van der Waals surface area contributed by atoms with Crippen molar-refractivity contribution in [2.75, 3.05) is 29.9 Å². The number of nitrogens with zero attached hydrogens (tertiary/aromatic N) is 1. The van der Waals surface area contributed by atoms with Crippen LogP contribution in [0.25, 0.3) is 0 Å². The molecule has 0 radical (unpaired) electrons. The van der Waals surface area contributed by atoms with Crippen molar-refractivity contribution in [1.29, 1.82) is 0 Å². The first-order valence-electron chi connectivity index (χ1n) is 9.13. The van der Waals surface area contributed by atoms with Gasteiger partial charge in [0, 0.05) is 30.0 Å². The van der Waals surface area contributed by atoms with Crippen LogP contribution in [-0.2, 0) is 9.53 Å². The van der Waals surface area contributed by atoms with Crippen LogP contribution < -0.4 is 15.0 Å². The zero-order chi connectivity index (χ0) is 19.4. The molecule has 0 aliphatic carbocycles. The third kappa shape index (κ3) is 4.05. The maximum absolute atomic E-state index is 12.2. The predicted molar refractivity (Wildman–Crippen MR) is 105 cm³/mol. The molecule has 6 nitrogen and oxygen atoms in total. The van der Waals surface area contributed by atoms with Gasteiger partial charge in [0.05, 0.1) is 0 Å². The second kappa shape index (κ2) is 8.12. The molecule has 142 valence electrons. The number of hydrogen-bond acceptors (Lipinski definition) is 5. The van der Waals surface area contributed by atoms with Crippen molar-refractivity contribution in [1.82, 2.24) is 0 Å². The van der Waals surface area contributed by atoms with Crippen LogP contribution in [0.5, 0.6) is 5.75 Å². The van der Waals surface area contributed by atoms with Gasteiger partial charge in [-0.1, -0.05) is 18.2 Å². The van der Waals surface area contributed by atoms with Crippen LogP contribution in [0, 0.1) is 6.92 Å². The fraction of sp³-hybridized carbons (Fsp3) is 0.333. The molecule has 0 aromatic heterocycles. The Morgan fingerprint density at radius 1 is 1.19 bits per heavy atom. The van der Waals surface area contributed by atoms with Crippen molar-refractivity contribution in [3.63, 3.8) is 0 Å². The highest BCUT2D eigenvalue weighted by molar-refractivity contribution is 5.88. The standard InChI is InChI=1S/C21H24N2O4/c1-4-23(5-2)15-10-11-18(14(3)12-15)22-21(25)26-13-17-16-8-6-7-9-19(16)27-20(17)24/h6-12,17H,4-5,13H2,1-3H3,(H,22,25). The lowest BCUT2D eigenvalue weighted by atomic mass is 10.0. The fourth-order valence-electron chi connectivity index (χ4n) is 3.20. The summed E-state index contributed by atoms with van der Waals surface area (Å²) >= 11 is 0. The fourth-order valence-corrected chi connectivity index (χ4v) is 3.20. The van der Waals surface area contributed by atoms with Gasteiger partial charge in [0.15, 0.2) is 0 Å². The summed E-state index contributed by atoms with van der Waals surface area (Å²) < 4.78 is 10.5. The minimum Gasteiger partial charge on any atom is -0.448 e. The summed E-state index contributed by atoms with van der Waals surface area (Å²) in [6.07, 6.45) is -0.592. The van der Waals surface area contributed by atoms with E-state index < -0.39 is 18.0 Å². The molecule has 0 saturated heterocycles. The summed E-state index contributed by atoms with van der Waals surface area (Å²) in [7, 11) is 0. The number of amides is 1. The maximum Gasteiger partial charge on any atom is 0.411 e. The molecule has 3 rings (SSSR count). The van der Waals surface area contributed by atoms with E-state index in [1.807, 2.05) is 37.3 Å². The van der Waals surface area contributed by atoms with Crippen LogP contribution in [0.4, 0.5) is 16.2 Å².